The van der Waals surface area contributed by atoms with Crippen molar-refractivity contribution in [1.82, 2.24) is 0 Å². The Balaban J connectivity index is 2.58. The Morgan fingerprint density at radius 1 is 1.21 bits per heavy atom. The van der Waals surface area contributed by atoms with Crippen LogP contribution in [-0.2, 0) is 11.2 Å². The van der Waals surface area contributed by atoms with Crippen molar-refractivity contribution in [3.05, 3.63) is 47.2 Å². The van der Waals surface area contributed by atoms with Crippen LogP contribution in [0.15, 0.2) is 41.7 Å². The minimum atomic E-state index is -1.27. The summed E-state index contributed by atoms with van der Waals surface area (Å²) in [4.78, 5) is 0. The summed E-state index contributed by atoms with van der Waals surface area (Å²) < 4.78 is 4.74. The molecule has 1 aromatic carbocycles. The smallest absolute Gasteiger partial charge is 0.182 e. The van der Waals surface area contributed by atoms with Crippen LogP contribution < -0.4 is 0 Å². The fraction of sp³-hybridized carbons (Fsp3) is 0.467. The van der Waals surface area contributed by atoms with E-state index in [0.717, 1.165) is 12.8 Å². The Morgan fingerprint density at radius 2 is 1.84 bits per heavy atom. The zero-order valence-electron chi connectivity index (χ0n) is 11.4. The molecular weight excluding hydrogens is 244 g/mol. The summed E-state index contributed by atoms with van der Waals surface area (Å²) in [7, 11) is 1.32. The number of aliphatic hydroxyl groups excluding tert-OH is 3. The Hall–Kier alpha value is -1.36. The lowest BCUT2D eigenvalue weighted by Crippen LogP contribution is -2.23. The molecule has 0 saturated heterocycles. The SMILES string of the molecule is COC(O)/C(=C(/O)CCCc1ccccc1)C(C)O. The summed E-state index contributed by atoms with van der Waals surface area (Å²) in [6, 6.07) is 9.96. The van der Waals surface area contributed by atoms with Gasteiger partial charge in [0.05, 0.1) is 17.4 Å². The number of benzene rings is 1. The monoisotopic (exact) mass is 266 g/mol. The van der Waals surface area contributed by atoms with Crippen molar-refractivity contribution < 1.29 is 20.1 Å². The molecule has 19 heavy (non-hydrogen) atoms. The second kappa shape index (κ2) is 7.94. The van der Waals surface area contributed by atoms with Crippen LogP contribution in [0, 0.1) is 0 Å². The molecule has 0 aliphatic carbocycles. The molecule has 0 aliphatic rings. The maximum Gasteiger partial charge on any atom is 0.182 e. The van der Waals surface area contributed by atoms with Gasteiger partial charge in [-0.3, -0.25) is 0 Å². The second-order valence-electron chi connectivity index (χ2n) is 4.51. The number of ether oxygens (including phenoxy) is 1. The highest BCUT2D eigenvalue weighted by atomic mass is 16.6. The predicted molar refractivity (Wildman–Crippen MR) is 73.7 cm³/mol. The van der Waals surface area contributed by atoms with E-state index in [1.54, 1.807) is 0 Å². The fourth-order valence-electron chi connectivity index (χ4n) is 1.97. The van der Waals surface area contributed by atoms with Crippen molar-refractivity contribution in [2.24, 2.45) is 0 Å². The Kier molecular flexibility index (Phi) is 6.56. The molecule has 0 saturated carbocycles. The van der Waals surface area contributed by atoms with Gasteiger partial charge < -0.3 is 20.1 Å². The van der Waals surface area contributed by atoms with Crippen LogP contribution in [0.3, 0.4) is 0 Å². The molecule has 0 aliphatic heterocycles. The maximum absolute atomic E-state index is 9.94. The van der Waals surface area contributed by atoms with Crippen molar-refractivity contribution >= 4 is 0 Å². The van der Waals surface area contributed by atoms with Crippen molar-refractivity contribution in [3.63, 3.8) is 0 Å². The van der Waals surface area contributed by atoms with E-state index in [0.29, 0.717) is 6.42 Å². The number of aryl methyl sites for hydroxylation is 1. The third-order valence-electron chi connectivity index (χ3n) is 2.99. The number of allylic oxidation sites excluding steroid dienone is 1. The summed E-state index contributed by atoms with van der Waals surface area (Å²) in [5.74, 6) is 0.000260. The molecule has 3 N–H and O–H groups in total. The number of rotatable bonds is 7. The molecule has 2 atom stereocenters. The van der Waals surface area contributed by atoms with Crippen LogP contribution in [0.2, 0.25) is 0 Å². The number of hydrogen-bond acceptors (Lipinski definition) is 4. The van der Waals surface area contributed by atoms with E-state index >= 15 is 0 Å². The highest BCUT2D eigenvalue weighted by Gasteiger charge is 2.20. The van der Waals surface area contributed by atoms with Crippen LogP contribution >= 0.6 is 0 Å². The Bertz CT molecular complexity index is 398. The van der Waals surface area contributed by atoms with Crippen LogP contribution in [0.4, 0.5) is 0 Å². The first-order chi connectivity index (χ1) is 9.06. The first kappa shape index (κ1) is 15.7. The van der Waals surface area contributed by atoms with Crippen LogP contribution in [0.1, 0.15) is 25.3 Å². The summed E-state index contributed by atoms with van der Waals surface area (Å²) in [6.07, 6.45) is -0.234. The molecule has 1 aromatic rings. The third kappa shape index (κ3) is 5.03. The van der Waals surface area contributed by atoms with E-state index in [1.807, 2.05) is 30.3 Å². The lowest BCUT2D eigenvalue weighted by atomic mass is 10.0. The summed E-state index contributed by atoms with van der Waals surface area (Å²) in [5, 5.41) is 29.1. The van der Waals surface area contributed by atoms with Crippen molar-refractivity contribution in [3.8, 4) is 0 Å². The van der Waals surface area contributed by atoms with E-state index < -0.39 is 12.4 Å². The molecule has 4 nitrogen and oxygen atoms in total. The molecular formula is C15H22O4. The van der Waals surface area contributed by atoms with Gasteiger partial charge in [0.1, 0.15) is 0 Å². The number of hydrogen-bond donors (Lipinski definition) is 3. The van der Waals surface area contributed by atoms with Crippen molar-refractivity contribution in [2.45, 2.75) is 38.6 Å². The molecule has 106 valence electrons. The van der Waals surface area contributed by atoms with Gasteiger partial charge in [-0.1, -0.05) is 30.3 Å². The maximum atomic E-state index is 9.94. The first-order valence-electron chi connectivity index (χ1n) is 6.41. The van der Waals surface area contributed by atoms with Gasteiger partial charge in [0.25, 0.3) is 0 Å². The molecule has 1 rings (SSSR count). The molecule has 0 aromatic heterocycles. The minimum absolute atomic E-state index is 0.000260. The van der Waals surface area contributed by atoms with Crippen LogP contribution in [0.25, 0.3) is 0 Å². The van der Waals surface area contributed by atoms with Gasteiger partial charge in [0.2, 0.25) is 0 Å². The molecule has 0 fully saturated rings. The molecule has 0 spiro atoms. The Labute approximate surface area is 114 Å². The van der Waals surface area contributed by atoms with Gasteiger partial charge >= 0.3 is 0 Å². The highest BCUT2D eigenvalue weighted by molar-refractivity contribution is 5.17. The standard InChI is InChI=1S/C15H22O4/c1-11(16)14(15(18)19-2)13(17)10-6-9-12-7-4-3-5-8-12/h3-5,7-8,11,15-18H,6,9-10H2,1-2H3/b14-13+. The molecule has 4 heteroatoms. The molecule has 2 unspecified atom stereocenters. The van der Waals surface area contributed by atoms with Gasteiger partial charge in [-0.05, 0) is 25.3 Å². The fourth-order valence-corrected chi connectivity index (χ4v) is 1.97. The predicted octanol–water partition coefficient (Wildman–Crippen LogP) is 2.17. The van der Waals surface area contributed by atoms with Gasteiger partial charge in [0.15, 0.2) is 6.29 Å². The average Bonchev–Trinajstić information content (AvgIpc) is 2.39. The zero-order valence-corrected chi connectivity index (χ0v) is 11.4. The van der Waals surface area contributed by atoms with Gasteiger partial charge in [-0.2, -0.15) is 0 Å². The van der Waals surface area contributed by atoms with Crippen LogP contribution in [0.5, 0.6) is 0 Å². The van der Waals surface area contributed by atoms with Gasteiger partial charge in [-0.15, -0.1) is 0 Å². The minimum Gasteiger partial charge on any atom is -0.512 e. The number of aliphatic hydroxyl groups is 3. The lowest BCUT2D eigenvalue weighted by molar-refractivity contribution is -0.0593. The van der Waals surface area contributed by atoms with E-state index in [-0.39, 0.29) is 11.3 Å². The molecule has 0 radical (unpaired) electrons. The highest BCUT2D eigenvalue weighted by Crippen LogP contribution is 2.18. The molecule has 0 amide bonds. The normalized spacial score (nSPS) is 15.8. The van der Waals surface area contributed by atoms with Crippen LogP contribution in [-0.4, -0.2) is 34.8 Å². The molecule has 0 heterocycles. The third-order valence-corrected chi connectivity index (χ3v) is 2.99. The largest absolute Gasteiger partial charge is 0.512 e. The Morgan fingerprint density at radius 3 is 2.37 bits per heavy atom. The quantitative estimate of drug-likeness (QED) is 0.522. The van der Waals surface area contributed by atoms with E-state index in [9.17, 15) is 15.3 Å². The topological polar surface area (TPSA) is 69.9 Å². The number of methoxy groups -OCH3 is 1. The van der Waals surface area contributed by atoms with Gasteiger partial charge in [0, 0.05) is 13.5 Å². The van der Waals surface area contributed by atoms with Crippen molar-refractivity contribution in [2.75, 3.05) is 7.11 Å². The summed E-state index contributed by atoms with van der Waals surface area (Å²) in [5.41, 5.74) is 1.33. The zero-order chi connectivity index (χ0) is 14.3. The summed E-state index contributed by atoms with van der Waals surface area (Å²) >= 11 is 0. The van der Waals surface area contributed by atoms with Gasteiger partial charge in [-0.25, -0.2) is 0 Å². The molecule has 0 bridgehead atoms. The average molecular weight is 266 g/mol. The summed E-state index contributed by atoms with van der Waals surface area (Å²) in [6.45, 7) is 1.49. The van der Waals surface area contributed by atoms with Crippen molar-refractivity contribution in [1.29, 1.82) is 0 Å². The first-order valence-corrected chi connectivity index (χ1v) is 6.41. The lowest BCUT2D eigenvalue weighted by Gasteiger charge is -2.18. The van der Waals surface area contributed by atoms with E-state index in [1.165, 1.54) is 19.6 Å². The van der Waals surface area contributed by atoms with E-state index in [2.05, 4.69) is 0 Å². The second-order valence-corrected chi connectivity index (χ2v) is 4.51. The van der Waals surface area contributed by atoms with E-state index in [4.69, 9.17) is 4.74 Å².